The van der Waals surface area contributed by atoms with Gasteiger partial charge in [-0.1, -0.05) is 0 Å². The van der Waals surface area contributed by atoms with E-state index in [-0.39, 0.29) is 24.1 Å². The third kappa shape index (κ3) is 4.29. The highest BCUT2D eigenvalue weighted by Gasteiger charge is 2.18. The number of carbonyl (C=O) groups is 2. The van der Waals surface area contributed by atoms with Crippen LogP contribution in [0.2, 0.25) is 0 Å². The van der Waals surface area contributed by atoms with Gasteiger partial charge in [0, 0.05) is 18.2 Å². The summed E-state index contributed by atoms with van der Waals surface area (Å²) < 4.78 is 26.0. The fraction of sp³-hybridized carbons (Fsp3) is 0.429. The number of halogens is 2. The molecule has 4 nitrogen and oxygen atoms in total. The average molecular weight is 284 g/mol. The van der Waals surface area contributed by atoms with Gasteiger partial charge in [0.05, 0.1) is 6.54 Å². The molecule has 20 heavy (non-hydrogen) atoms. The fourth-order valence-corrected chi connectivity index (χ4v) is 1.68. The minimum Gasteiger partial charge on any atom is -0.352 e. The monoisotopic (exact) mass is 284 g/mol. The van der Waals surface area contributed by atoms with Crippen LogP contribution in [-0.4, -0.2) is 35.8 Å². The molecule has 0 spiro atoms. The minimum absolute atomic E-state index is 0.0168. The first-order valence-electron chi connectivity index (χ1n) is 6.38. The van der Waals surface area contributed by atoms with E-state index in [1.54, 1.807) is 6.92 Å². The maximum Gasteiger partial charge on any atom is 0.254 e. The number of nitrogens with one attached hydrogen (secondary N) is 1. The summed E-state index contributed by atoms with van der Waals surface area (Å²) in [5.41, 5.74) is 0.0168. The second kappa shape index (κ2) is 6.98. The second-order valence-electron chi connectivity index (χ2n) is 4.67. The number of nitrogens with zero attached hydrogens (tertiary/aromatic N) is 1. The van der Waals surface area contributed by atoms with Gasteiger partial charge in [0.1, 0.15) is 0 Å². The smallest absolute Gasteiger partial charge is 0.254 e. The maximum absolute atomic E-state index is 13.1. The van der Waals surface area contributed by atoms with Crippen LogP contribution in [0.1, 0.15) is 31.1 Å². The summed E-state index contributed by atoms with van der Waals surface area (Å²) in [6.45, 7) is 5.51. The Morgan fingerprint density at radius 3 is 2.40 bits per heavy atom. The lowest BCUT2D eigenvalue weighted by molar-refractivity contribution is -0.122. The first-order chi connectivity index (χ1) is 9.35. The van der Waals surface area contributed by atoms with Crippen molar-refractivity contribution in [2.45, 2.75) is 26.8 Å². The molecule has 1 rings (SSSR count). The molecule has 0 fully saturated rings. The quantitative estimate of drug-likeness (QED) is 0.898. The second-order valence-corrected chi connectivity index (χ2v) is 4.67. The predicted octanol–water partition coefficient (Wildman–Crippen LogP) is 1.95. The van der Waals surface area contributed by atoms with E-state index in [2.05, 4.69) is 5.32 Å². The number of likely N-dealkylation sites (N-methyl/N-ethyl adjacent to an activating group) is 1. The van der Waals surface area contributed by atoms with E-state index < -0.39 is 17.5 Å². The summed E-state index contributed by atoms with van der Waals surface area (Å²) in [5.74, 6) is -2.90. The molecule has 0 aromatic heterocycles. The van der Waals surface area contributed by atoms with Gasteiger partial charge in [-0.15, -0.1) is 0 Å². The molecule has 0 aliphatic heterocycles. The van der Waals surface area contributed by atoms with E-state index in [1.807, 2.05) is 13.8 Å². The molecule has 0 saturated heterocycles. The Labute approximate surface area is 116 Å². The van der Waals surface area contributed by atoms with Crippen molar-refractivity contribution in [1.82, 2.24) is 10.2 Å². The molecular weight excluding hydrogens is 266 g/mol. The topological polar surface area (TPSA) is 49.4 Å². The highest BCUT2D eigenvalue weighted by molar-refractivity contribution is 5.96. The van der Waals surface area contributed by atoms with Crippen molar-refractivity contribution in [2.24, 2.45) is 0 Å². The van der Waals surface area contributed by atoms with Crippen molar-refractivity contribution in [3.63, 3.8) is 0 Å². The molecule has 0 radical (unpaired) electrons. The van der Waals surface area contributed by atoms with Gasteiger partial charge >= 0.3 is 0 Å². The zero-order valence-electron chi connectivity index (χ0n) is 11.7. The summed E-state index contributed by atoms with van der Waals surface area (Å²) >= 11 is 0. The number of hydrogen-bond acceptors (Lipinski definition) is 2. The number of hydrogen-bond donors (Lipinski definition) is 1. The molecule has 1 N–H and O–H groups in total. The number of benzene rings is 1. The van der Waals surface area contributed by atoms with Gasteiger partial charge in [-0.25, -0.2) is 8.78 Å². The van der Waals surface area contributed by atoms with E-state index in [4.69, 9.17) is 0 Å². The predicted molar refractivity (Wildman–Crippen MR) is 71.2 cm³/mol. The van der Waals surface area contributed by atoms with E-state index in [0.717, 1.165) is 12.1 Å². The number of rotatable bonds is 5. The number of amides is 2. The van der Waals surface area contributed by atoms with Gasteiger partial charge in [-0.2, -0.15) is 0 Å². The van der Waals surface area contributed by atoms with E-state index in [1.165, 1.54) is 11.0 Å². The van der Waals surface area contributed by atoms with Gasteiger partial charge in [-0.3, -0.25) is 9.59 Å². The van der Waals surface area contributed by atoms with Gasteiger partial charge in [0.25, 0.3) is 5.91 Å². The zero-order chi connectivity index (χ0) is 15.3. The van der Waals surface area contributed by atoms with E-state index in [9.17, 15) is 18.4 Å². The summed E-state index contributed by atoms with van der Waals surface area (Å²) in [5, 5.41) is 2.67. The molecule has 1 aromatic carbocycles. The largest absolute Gasteiger partial charge is 0.352 e. The molecule has 0 aliphatic carbocycles. The van der Waals surface area contributed by atoms with Crippen LogP contribution in [0.3, 0.4) is 0 Å². The highest BCUT2D eigenvalue weighted by Crippen LogP contribution is 2.11. The van der Waals surface area contributed by atoms with Crippen molar-refractivity contribution in [1.29, 1.82) is 0 Å². The molecule has 6 heteroatoms. The molecule has 110 valence electrons. The van der Waals surface area contributed by atoms with Gasteiger partial charge in [-0.05, 0) is 39.0 Å². The van der Waals surface area contributed by atoms with Crippen LogP contribution in [0.4, 0.5) is 8.78 Å². The van der Waals surface area contributed by atoms with Gasteiger partial charge in [0.2, 0.25) is 5.91 Å². The molecular formula is C14H18F2N2O2. The Morgan fingerprint density at radius 2 is 1.90 bits per heavy atom. The van der Waals surface area contributed by atoms with E-state index in [0.29, 0.717) is 6.54 Å². The normalized spacial score (nSPS) is 10.5. The first kappa shape index (κ1) is 16.1. The van der Waals surface area contributed by atoms with Crippen LogP contribution >= 0.6 is 0 Å². The maximum atomic E-state index is 13.1. The van der Waals surface area contributed by atoms with Crippen molar-refractivity contribution >= 4 is 11.8 Å². The summed E-state index contributed by atoms with van der Waals surface area (Å²) in [7, 11) is 0. The SMILES string of the molecule is CCN(CC(=O)NC(C)C)C(=O)c1ccc(F)c(F)c1. The van der Waals surface area contributed by atoms with Crippen LogP contribution in [-0.2, 0) is 4.79 Å². The standard InChI is InChI=1S/C14H18F2N2O2/c1-4-18(8-13(19)17-9(2)3)14(20)10-5-6-11(15)12(16)7-10/h5-7,9H,4,8H2,1-3H3,(H,17,19). The Hall–Kier alpha value is -1.98. The van der Waals surface area contributed by atoms with Crippen LogP contribution in [0.15, 0.2) is 18.2 Å². The lowest BCUT2D eigenvalue weighted by Crippen LogP contribution is -2.42. The third-order valence-electron chi connectivity index (χ3n) is 2.62. The Balaban J connectivity index is 2.81. The molecule has 1 aromatic rings. The van der Waals surface area contributed by atoms with Crippen molar-refractivity contribution < 1.29 is 18.4 Å². The van der Waals surface area contributed by atoms with Crippen molar-refractivity contribution in [3.8, 4) is 0 Å². The highest BCUT2D eigenvalue weighted by atomic mass is 19.2. The Morgan fingerprint density at radius 1 is 1.25 bits per heavy atom. The van der Waals surface area contributed by atoms with Crippen molar-refractivity contribution in [3.05, 3.63) is 35.4 Å². The van der Waals surface area contributed by atoms with Crippen LogP contribution in [0.25, 0.3) is 0 Å². The van der Waals surface area contributed by atoms with Crippen LogP contribution in [0, 0.1) is 11.6 Å². The lowest BCUT2D eigenvalue weighted by atomic mass is 10.2. The molecule has 2 amide bonds. The molecule has 0 aliphatic rings. The fourth-order valence-electron chi connectivity index (χ4n) is 1.68. The zero-order valence-corrected chi connectivity index (χ0v) is 11.7. The van der Waals surface area contributed by atoms with Gasteiger partial charge < -0.3 is 10.2 Å². The Kier molecular flexibility index (Phi) is 5.61. The van der Waals surface area contributed by atoms with Crippen LogP contribution in [0.5, 0.6) is 0 Å². The summed E-state index contributed by atoms with van der Waals surface area (Å²) in [6, 6.07) is 2.90. The molecule has 0 atom stereocenters. The van der Waals surface area contributed by atoms with Crippen LogP contribution < -0.4 is 5.32 Å². The summed E-state index contributed by atoms with van der Waals surface area (Å²) in [4.78, 5) is 25.0. The third-order valence-corrected chi connectivity index (χ3v) is 2.62. The molecule has 0 unspecified atom stereocenters. The van der Waals surface area contributed by atoms with Crippen molar-refractivity contribution in [2.75, 3.05) is 13.1 Å². The lowest BCUT2D eigenvalue weighted by Gasteiger charge is -2.21. The van der Waals surface area contributed by atoms with Gasteiger partial charge in [0.15, 0.2) is 11.6 Å². The average Bonchev–Trinajstić information content (AvgIpc) is 2.37. The molecule has 0 saturated carbocycles. The van der Waals surface area contributed by atoms with E-state index >= 15 is 0 Å². The molecule has 0 bridgehead atoms. The molecule has 0 heterocycles. The first-order valence-corrected chi connectivity index (χ1v) is 6.38. The minimum atomic E-state index is -1.08. The summed E-state index contributed by atoms with van der Waals surface area (Å²) in [6.07, 6.45) is 0. The number of carbonyl (C=O) groups excluding carboxylic acids is 2. The Bertz CT molecular complexity index is 504.